The molecule has 3 rings (SSSR count). The van der Waals surface area contributed by atoms with Gasteiger partial charge in [-0.05, 0) is 18.2 Å². The molecule has 7 nitrogen and oxygen atoms in total. The van der Waals surface area contributed by atoms with Crippen LogP contribution in [0.5, 0.6) is 5.75 Å². The maximum atomic E-state index is 13.6. The molecule has 0 spiro atoms. The van der Waals surface area contributed by atoms with E-state index in [1.165, 1.54) is 35.2 Å². The van der Waals surface area contributed by atoms with Gasteiger partial charge >= 0.3 is 0 Å². The van der Waals surface area contributed by atoms with Crippen LogP contribution in [0.2, 0.25) is 0 Å². The molecule has 1 fully saturated rings. The number of piperazine rings is 1. The van der Waals surface area contributed by atoms with Gasteiger partial charge in [-0.1, -0.05) is 12.1 Å². The number of benzene rings is 2. The Hall–Kier alpha value is -3.44. The molecule has 29 heavy (non-hydrogen) atoms. The first kappa shape index (κ1) is 20.3. The van der Waals surface area contributed by atoms with Gasteiger partial charge in [0.05, 0.1) is 55.5 Å². The molecule has 8 heteroatoms. The first-order valence-electron chi connectivity index (χ1n) is 9.27. The lowest BCUT2D eigenvalue weighted by Crippen LogP contribution is -3.13. The number of nitro benzene ring substituents is 1. The fourth-order valence-electron chi connectivity index (χ4n) is 3.59. The Kier molecular flexibility index (Phi) is 6.42. The number of allylic oxidation sites excluding steroid dienone is 1. The van der Waals surface area contributed by atoms with Gasteiger partial charge < -0.3 is 14.5 Å². The largest absolute Gasteiger partial charge is 0.496 e. The van der Waals surface area contributed by atoms with Crippen LogP contribution >= 0.6 is 0 Å². The van der Waals surface area contributed by atoms with Gasteiger partial charge in [-0.2, -0.15) is 5.26 Å². The van der Waals surface area contributed by atoms with Crippen molar-refractivity contribution in [2.45, 2.75) is 6.54 Å². The molecular weight excluding hydrogens is 375 g/mol. The fourth-order valence-corrected chi connectivity index (χ4v) is 3.59. The molecule has 0 amide bonds. The quantitative estimate of drug-likeness (QED) is 0.458. The number of hydrogen-bond acceptors (Lipinski definition) is 5. The highest BCUT2D eigenvalue weighted by molar-refractivity contribution is 5.68. The zero-order chi connectivity index (χ0) is 20.8. The van der Waals surface area contributed by atoms with Crippen molar-refractivity contribution < 1.29 is 19.0 Å². The van der Waals surface area contributed by atoms with E-state index in [-0.39, 0.29) is 11.5 Å². The summed E-state index contributed by atoms with van der Waals surface area (Å²) < 4.78 is 18.9. The molecule has 1 heterocycles. The molecular formula is C21H22FN4O3+. The lowest BCUT2D eigenvalue weighted by atomic mass is 10.1. The molecule has 1 saturated heterocycles. The number of quaternary nitrogens is 1. The third-order valence-electron chi connectivity index (χ3n) is 5.05. The summed E-state index contributed by atoms with van der Waals surface area (Å²) in [5.41, 5.74) is 2.14. The summed E-state index contributed by atoms with van der Waals surface area (Å²) in [4.78, 5) is 14.0. The predicted molar refractivity (Wildman–Crippen MR) is 106 cm³/mol. The smallest absolute Gasteiger partial charge is 0.270 e. The van der Waals surface area contributed by atoms with E-state index in [9.17, 15) is 19.8 Å². The van der Waals surface area contributed by atoms with Gasteiger partial charge in [0.25, 0.3) is 5.69 Å². The number of halogens is 1. The van der Waals surface area contributed by atoms with E-state index in [1.54, 1.807) is 25.3 Å². The highest BCUT2D eigenvalue weighted by atomic mass is 19.1. The summed E-state index contributed by atoms with van der Waals surface area (Å²) in [6, 6.07) is 12.9. The second-order valence-electron chi connectivity index (χ2n) is 6.84. The molecule has 0 aliphatic carbocycles. The van der Waals surface area contributed by atoms with E-state index >= 15 is 0 Å². The maximum absolute atomic E-state index is 13.6. The molecule has 0 unspecified atom stereocenters. The lowest BCUT2D eigenvalue weighted by Gasteiger charge is -2.35. The Labute approximate surface area is 168 Å². The Morgan fingerprint density at radius 1 is 1.34 bits per heavy atom. The Balaban J connectivity index is 1.71. The minimum absolute atomic E-state index is 0.00574. The third kappa shape index (κ3) is 4.89. The summed E-state index contributed by atoms with van der Waals surface area (Å²) in [6.45, 7) is 3.59. The summed E-state index contributed by atoms with van der Waals surface area (Å²) in [7, 11) is 1.57. The number of nitrogens with one attached hydrogen (secondary N) is 1. The molecule has 0 saturated carbocycles. The van der Waals surface area contributed by atoms with Crippen LogP contribution in [0.4, 0.5) is 10.1 Å². The molecule has 2 aromatic carbocycles. The van der Waals surface area contributed by atoms with Gasteiger partial charge in [-0.25, -0.2) is 4.39 Å². The zero-order valence-electron chi connectivity index (χ0n) is 16.1. The average molecular weight is 397 g/mol. The number of non-ortho nitro benzene ring substituents is 1. The van der Waals surface area contributed by atoms with Crippen LogP contribution in [-0.2, 0) is 6.54 Å². The van der Waals surface area contributed by atoms with Crippen molar-refractivity contribution in [3.05, 3.63) is 75.6 Å². The lowest BCUT2D eigenvalue weighted by molar-refractivity contribution is -0.917. The second kappa shape index (κ2) is 9.17. The average Bonchev–Trinajstić information content (AvgIpc) is 2.73. The van der Waals surface area contributed by atoms with Crippen molar-refractivity contribution in [2.24, 2.45) is 0 Å². The van der Waals surface area contributed by atoms with E-state index in [2.05, 4.69) is 4.90 Å². The van der Waals surface area contributed by atoms with Gasteiger partial charge in [0.15, 0.2) is 0 Å². The van der Waals surface area contributed by atoms with Crippen LogP contribution in [0.3, 0.4) is 0 Å². The highest BCUT2D eigenvalue weighted by Gasteiger charge is 2.24. The zero-order valence-corrected chi connectivity index (χ0v) is 16.1. The number of rotatable bonds is 6. The summed E-state index contributed by atoms with van der Waals surface area (Å²) in [5.74, 6) is 0.381. The van der Waals surface area contributed by atoms with Crippen molar-refractivity contribution >= 4 is 11.4 Å². The molecule has 0 bridgehead atoms. The number of nitro groups is 1. The Morgan fingerprint density at radius 3 is 2.76 bits per heavy atom. The molecule has 150 valence electrons. The van der Waals surface area contributed by atoms with Crippen molar-refractivity contribution in [2.75, 3.05) is 33.3 Å². The van der Waals surface area contributed by atoms with Crippen molar-refractivity contribution in [1.82, 2.24) is 4.90 Å². The number of methoxy groups -OCH3 is 1. The Bertz CT molecular complexity index is 963. The SMILES string of the molecule is COc1ccc(F)cc1C[NH+]1CCN(/C(=C\C#N)c2cccc([N+](=O)[O-])c2)CC1. The Morgan fingerprint density at radius 2 is 2.10 bits per heavy atom. The number of nitrogens with zero attached hydrogens (tertiary/aromatic N) is 3. The van der Waals surface area contributed by atoms with Gasteiger partial charge in [-0.3, -0.25) is 10.1 Å². The van der Waals surface area contributed by atoms with Gasteiger partial charge in [-0.15, -0.1) is 0 Å². The number of hydrogen-bond donors (Lipinski definition) is 1. The van der Waals surface area contributed by atoms with Crippen LogP contribution in [0, 0.1) is 27.3 Å². The molecule has 1 N–H and O–H groups in total. The minimum atomic E-state index is -0.443. The maximum Gasteiger partial charge on any atom is 0.270 e. The molecule has 0 radical (unpaired) electrons. The number of ether oxygens (including phenoxy) is 1. The first-order valence-corrected chi connectivity index (χ1v) is 9.27. The van der Waals surface area contributed by atoms with Crippen molar-refractivity contribution in [3.63, 3.8) is 0 Å². The van der Waals surface area contributed by atoms with Crippen LogP contribution in [-0.4, -0.2) is 43.1 Å². The molecule has 1 aliphatic rings. The monoisotopic (exact) mass is 397 g/mol. The highest BCUT2D eigenvalue weighted by Crippen LogP contribution is 2.23. The fraction of sp³-hybridized carbons (Fsp3) is 0.286. The first-order chi connectivity index (χ1) is 14.0. The van der Waals surface area contributed by atoms with E-state index in [0.29, 0.717) is 36.6 Å². The summed E-state index contributed by atoms with van der Waals surface area (Å²) >= 11 is 0. The topological polar surface area (TPSA) is 83.8 Å². The van der Waals surface area contributed by atoms with Crippen molar-refractivity contribution in [1.29, 1.82) is 5.26 Å². The number of nitriles is 1. The van der Waals surface area contributed by atoms with E-state index in [0.717, 1.165) is 18.7 Å². The summed E-state index contributed by atoms with van der Waals surface area (Å²) in [5, 5.41) is 20.3. The molecule has 0 aromatic heterocycles. The normalized spacial score (nSPS) is 15.1. The van der Waals surface area contributed by atoms with Gasteiger partial charge in [0.2, 0.25) is 0 Å². The van der Waals surface area contributed by atoms with Gasteiger partial charge in [0, 0.05) is 23.8 Å². The van der Waals surface area contributed by atoms with Crippen LogP contribution < -0.4 is 9.64 Å². The standard InChI is InChI=1S/C21H21FN4O3/c1-29-21-6-5-18(22)13-17(21)15-24-9-11-25(12-10-24)20(7-8-23)16-3-2-4-19(14-16)26(27)28/h2-7,13-14H,9-12,15H2,1H3/p+1/b20-7-. The van der Waals surface area contributed by atoms with E-state index < -0.39 is 4.92 Å². The van der Waals surface area contributed by atoms with E-state index in [4.69, 9.17) is 4.74 Å². The van der Waals surface area contributed by atoms with Gasteiger partial charge in [0.1, 0.15) is 18.1 Å². The van der Waals surface area contributed by atoms with Crippen molar-refractivity contribution in [3.8, 4) is 11.8 Å². The molecule has 1 aliphatic heterocycles. The third-order valence-corrected chi connectivity index (χ3v) is 5.05. The minimum Gasteiger partial charge on any atom is -0.496 e. The van der Waals surface area contributed by atoms with Crippen LogP contribution in [0.25, 0.3) is 5.70 Å². The summed E-state index contributed by atoms with van der Waals surface area (Å²) in [6.07, 6.45) is 1.43. The second-order valence-corrected chi connectivity index (χ2v) is 6.84. The van der Waals surface area contributed by atoms with E-state index in [1.807, 2.05) is 6.07 Å². The molecule has 0 atom stereocenters. The van der Waals surface area contributed by atoms with Crippen LogP contribution in [0.15, 0.2) is 48.5 Å². The van der Waals surface area contributed by atoms with Crippen LogP contribution in [0.1, 0.15) is 11.1 Å². The molecule has 2 aromatic rings. The predicted octanol–water partition coefficient (Wildman–Crippen LogP) is 2.01.